The Morgan fingerprint density at radius 2 is 2.07 bits per heavy atom. The lowest BCUT2D eigenvalue weighted by atomic mass is 9.85. The third-order valence-corrected chi connectivity index (χ3v) is 2.95. The van der Waals surface area contributed by atoms with Crippen LogP contribution < -0.4 is 0 Å². The molecule has 0 aliphatic heterocycles. The van der Waals surface area contributed by atoms with Gasteiger partial charge in [-0.15, -0.1) is 0 Å². The summed E-state index contributed by atoms with van der Waals surface area (Å²) in [6, 6.07) is 0. The van der Waals surface area contributed by atoms with E-state index < -0.39 is 0 Å². The van der Waals surface area contributed by atoms with Crippen molar-refractivity contribution in [3.05, 3.63) is 17.7 Å². The van der Waals surface area contributed by atoms with E-state index in [0.717, 1.165) is 29.0 Å². The van der Waals surface area contributed by atoms with Crippen molar-refractivity contribution >= 4 is 11.0 Å². The van der Waals surface area contributed by atoms with Gasteiger partial charge in [0.15, 0.2) is 5.65 Å². The highest BCUT2D eigenvalue weighted by Crippen LogP contribution is 2.29. The van der Waals surface area contributed by atoms with Gasteiger partial charge in [-0.25, -0.2) is 9.97 Å². The van der Waals surface area contributed by atoms with Gasteiger partial charge in [0, 0.05) is 5.41 Å². The molecule has 0 fully saturated rings. The third-order valence-electron chi connectivity index (χ3n) is 2.95. The third kappa shape index (κ3) is 1.60. The number of nitrogens with one attached hydrogen (secondary N) is 1. The van der Waals surface area contributed by atoms with E-state index in [0.29, 0.717) is 0 Å². The minimum Gasteiger partial charge on any atom is -0.261 e. The average molecular weight is 204 g/mol. The molecule has 0 aliphatic carbocycles. The molecule has 4 heteroatoms. The van der Waals surface area contributed by atoms with Gasteiger partial charge in [-0.3, -0.25) is 5.10 Å². The minimum atomic E-state index is 0.0653. The molecule has 2 rings (SSSR count). The van der Waals surface area contributed by atoms with E-state index in [2.05, 4.69) is 40.9 Å². The summed E-state index contributed by atoms with van der Waals surface area (Å²) in [6.07, 6.45) is 2.85. The fraction of sp³-hybridized carbons (Fsp3) is 0.545. The molecule has 4 nitrogen and oxygen atoms in total. The number of aryl methyl sites for hydroxylation is 1. The van der Waals surface area contributed by atoms with E-state index in [1.54, 1.807) is 0 Å². The molecule has 15 heavy (non-hydrogen) atoms. The quantitative estimate of drug-likeness (QED) is 0.817. The van der Waals surface area contributed by atoms with Crippen molar-refractivity contribution in [1.29, 1.82) is 0 Å². The zero-order chi connectivity index (χ0) is 11.1. The maximum absolute atomic E-state index is 4.54. The molecule has 0 bridgehead atoms. The summed E-state index contributed by atoms with van der Waals surface area (Å²) < 4.78 is 0. The van der Waals surface area contributed by atoms with Gasteiger partial charge in [-0.1, -0.05) is 20.8 Å². The lowest BCUT2D eigenvalue weighted by molar-refractivity contribution is 0.493. The van der Waals surface area contributed by atoms with Crippen LogP contribution in [0.1, 0.15) is 38.7 Å². The zero-order valence-electron chi connectivity index (χ0n) is 9.63. The van der Waals surface area contributed by atoms with Gasteiger partial charge < -0.3 is 0 Å². The maximum Gasteiger partial charge on any atom is 0.159 e. The number of hydrogen-bond donors (Lipinski definition) is 1. The summed E-state index contributed by atoms with van der Waals surface area (Å²) in [6.45, 7) is 8.47. The highest BCUT2D eigenvalue weighted by atomic mass is 15.1. The maximum atomic E-state index is 4.54. The summed E-state index contributed by atoms with van der Waals surface area (Å²) in [4.78, 5) is 8.86. The monoisotopic (exact) mass is 204 g/mol. The summed E-state index contributed by atoms with van der Waals surface area (Å²) in [5.41, 5.74) is 1.98. The van der Waals surface area contributed by atoms with Crippen molar-refractivity contribution in [3.63, 3.8) is 0 Å². The second-order valence-electron chi connectivity index (χ2n) is 4.49. The summed E-state index contributed by atoms with van der Waals surface area (Å²) in [5, 5.41) is 7.95. The van der Waals surface area contributed by atoms with E-state index in [-0.39, 0.29) is 5.41 Å². The zero-order valence-corrected chi connectivity index (χ0v) is 9.63. The lowest BCUT2D eigenvalue weighted by Crippen LogP contribution is -2.18. The van der Waals surface area contributed by atoms with Crippen molar-refractivity contribution in [1.82, 2.24) is 20.2 Å². The Morgan fingerprint density at radius 1 is 1.33 bits per heavy atom. The Bertz CT molecular complexity index is 484. The molecule has 0 saturated carbocycles. The molecule has 0 radical (unpaired) electrons. The van der Waals surface area contributed by atoms with Gasteiger partial charge in [0.1, 0.15) is 5.82 Å². The first kappa shape index (κ1) is 10.1. The number of fused-ring (bicyclic) bond motifs is 1. The van der Waals surface area contributed by atoms with Gasteiger partial charge in [-0.2, -0.15) is 5.10 Å². The van der Waals surface area contributed by atoms with Crippen molar-refractivity contribution in [2.24, 2.45) is 0 Å². The minimum absolute atomic E-state index is 0.0653. The number of aromatic amines is 1. The molecule has 0 spiro atoms. The highest BCUT2D eigenvalue weighted by Gasteiger charge is 2.23. The molecular weight excluding hydrogens is 188 g/mol. The van der Waals surface area contributed by atoms with Crippen LogP contribution in [0.5, 0.6) is 0 Å². The highest BCUT2D eigenvalue weighted by molar-refractivity contribution is 5.77. The summed E-state index contributed by atoms with van der Waals surface area (Å²) in [7, 11) is 0. The van der Waals surface area contributed by atoms with Gasteiger partial charge in [0.25, 0.3) is 0 Å². The molecule has 0 aliphatic rings. The second-order valence-corrected chi connectivity index (χ2v) is 4.49. The van der Waals surface area contributed by atoms with Crippen molar-refractivity contribution in [3.8, 4) is 0 Å². The van der Waals surface area contributed by atoms with Crippen LogP contribution in [-0.2, 0) is 5.41 Å². The summed E-state index contributed by atoms with van der Waals surface area (Å²) in [5.74, 6) is 0.795. The smallest absolute Gasteiger partial charge is 0.159 e. The van der Waals surface area contributed by atoms with Gasteiger partial charge in [0.05, 0.1) is 17.3 Å². The van der Waals surface area contributed by atoms with Crippen molar-refractivity contribution in [2.75, 3.05) is 0 Å². The molecule has 0 amide bonds. The number of aromatic nitrogens is 4. The van der Waals surface area contributed by atoms with Gasteiger partial charge in [-0.05, 0) is 13.3 Å². The van der Waals surface area contributed by atoms with Gasteiger partial charge >= 0.3 is 0 Å². The number of hydrogen-bond acceptors (Lipinski definition) is 3. The van der Waals surface area contributed by atoms with Crippen LogP contribution in [-0.4, -0.2) is 20.2 Å². The molecule has 2 heterocycles. The van der Waals surface area contributed by atoms with Crippen molar-refractivity contribution < 1.29 is 0 Å². The van der Waals surface area contributed by atoms with Crippen LogP contribution in [0.2, 0.25) is 0 Å². The summed E-state index contributed by atoms with van der Waals surface area (Å²) >= 11 is 0. The molecule has 1 N–H and O–H groups in total. The molecular formula is C11H16N4. The lowest BCUT2D eigenvalue weighted by Gasteiger charge is -2.22. The van der Waals surface area contributed by atoms with E-state index >= 15 is 0 Å². The largest absolute Gasteiger partial charge is 0.261 e. The van der Waals surface area contributed by atoms with Crippen LogP contribution in [0.4, 0.5) is 0 Å². The van der Waals surface area contributed by atoms with Gasteiger partial charge in [0.2, 0.25) is 0 Å². The molecule has 0 aromatic carbocycles. The fourth-order valence-electron chi connectivity index (χ4n) is 1.63. The standard InChI is InChI=1S/C11H16N4/c1-5-11(3,4)9-8-6-12-15-10(8)14-7(2)13-9/h6H,5H2,1-4H3,(H,12,13,14,15). The predicted octanol–water partition coefficient (Wildman–Crippen LogP) is 2.35. The molecule has 0 unspecified atom stereocenters. The van der Waals surface area contributed by atoms with Crippen LogP contribution in [0, 0.1) is 6.92 Å². The first-order valence-corrected chi connectivity index (χ1v) is 5.23. The Labute approximate surface area is 89.1 Å². The van der Waals surface area contributed by atoms with Crippen LogP contribution in [0.3, 0.4) is 0 Å². The normalized spacial score (nSPS) is 12.3. The SMILES string of the molecule is CCC(C)(C)c1nc(C)nc2[nH]ncc12. The van der Waals surface area contributed by atoms with Crippen LogP contribution in [0.15, 0.2) is 6.20 Å². The molecule has 0 atom stereocenters. The van der Waals surface area contributed by atoms with E-state index in [9.17, 15) is 0 Å². The second kappa shape index (κ2) is 3.29. The van der Waals surface area contributed by atoms with Crippen LogP contribution in [0.25, 0.3) is 11.0 Å². The Balaban J connectivity index is 2.73. The number of nitrogens with zero attached hydrogens (tertiary/aromatic N) is 3. The average Bonchev–Trinajstić information content (AvgIpc) is 2.63. The molecule has 2 aromatic rings. The molecule has 0 saturated heterocycles. The molecule has 2 aromatic heterocycles. The Kier molecular flexibility index (Phi) is 2.21. The number of H-pyrrole nitrogens is 1. The topological polar surface area (TPSA) is 54.5 Å². The van der Waals surface area contributed by atoms with Crippen molar-refractivity contribution in [2.45, 2.75) is 39.5 Å². The first-order chi connectivity index (χ1) is 7.04. The Morgan fingerprint density at radius 3 is 2.73 bits per heavy atom. The first-order valence-electron chi connectivity index (χ1n) is 5.23. The Hall–Kier alpha value is -1.45. The van der Waals surface area contributed by atoms with Crippen LogP contribution >= 0.6 is 0 Å². The van der Waals surface area contributed by atoms with E-state index in [1.165, 1.54) is 0 Å². The fourth-order valence-corrected chi connectivity index (χ4v) is 1.63. The molecule has 80 valence electrons. The predicted molar refractivity (Wildman–Crippen MR) is 59.7 cm³/mol. The number of rotatable bonds is 2. The van der Waals surface area contributed by atoms with E-state index in [4.69, 9.17) is 0 Å². The van der Waals surface area contributed by atoms with E-state index in [1.807, 2.05) is 13.1 Å².